The number of cyclic esters (lactones) is 2. The largest absolute Gasteiger partial charge is 0.422 e. The van der Waals surface area contributed by atoms with E-state index in [-0.39, 0.29) is 0 Å². The van der Waals surface area contributed by atoms with Crippen molar-refractivity contribution < 1.29 is 28.9 Å². The lowest BCUT2D eigenvalue weighted by Gasteiger charge is -2.36. The molecule has 0 aliphatic carbocycles. The smallest absolute Gasteiger partial charge is 0.397 e. The lowest BCUT2D eigenvalue weighted by atomic mass is 10.1. The summed E-state index contributed by atoms with van der Waals surface area (Å²) in [5, 5.41) is 13.2. The van der Waals surface area contributed by atoms with E-state index < -0.39 is 24.0 Å². The van der Waals surface area contributed by atoms with Crippen molar-refractivity contribution in [3.8, 4) is 0 Å². The zero-order valence-electron chi connectivity index (χ0n) is 14.6. The summed E-state index contributed by atoms with van der Waals surface area (Å²) in [5.74, 6) is -4.01. The third kappa shape index (κ3) is 3.73. The maximum absolute atomic E-state index is 11.3. The Labute approximate surface area is 155 Å². The lowest BCUT2D eigenvalue weighted by molar-refractivity contribution is -0.285. The molecule has 1 aromatic carbocycles. The van der Waals surface area contributed by atoms with Gasteiger partial charge in [0.1, 0.15) is 6.10 Å². The third-order valence-electron chi connectivity index (χ3n) is 4.33. The number of ether oxygens (including phenoxy) is 3. The Morgan fingerprint density at radius 3 is 2.65 bits per heavy atom. The molecule has 1 unspecified atom stereocenters. The van der Waals surface area contributed by atoms with Gasteiger partial charge in [0.25, 0.3) is 0 Å². The molecule has 1 fully saturated rings. The number of rotatable bonds is 8. The first-order valence-electron chi connectivity index (χ1n) is 8.32. The number of fused-ring (bicyclic) bond motifs is 1. The number of thiophene rings is 1. The minimum Gasteiger partial charge on any atom is -0.397 e. The fourth-order valence-electron chi connectivity index (χ4n) is 2.84. The Bertz CT molecular complexity index is 786. The predicted molar refractivity (Wildman–Crippen MR) is 95.6 cm³/mol. The van der Waals surface area contributed by atoms with Crippen LogP contribution in [0.15, 0.2) is 29.6 Å². The molecule has 1 aromatic heterocycles. The highest BCUT2D eigenvalue weighted by molar-refractivity contribution is 7.17. The molecule has 1 N–H and O–H groups in total. The highest BCUT2D eigenvalue weighted by Crippen LogP contribution is 2.28. The van der Waals surface area contributed by atoms with Gasteiger partial charge in [-0.1, -0.05) is 12.1 Å². The van der Waals surface area contributed by atoms with Crippen LogP contribution in [0, 0.1) is 0 Å². The highest BCUT2D eigenvalue weighted by Gasteiger charge is 2.55. The topological polar surface area (TPSA) is 85.3 Å². The monoisotopic (exact) mass is 379 g/mol. The Hall–Kier alpha value is -2.00. The van der Waals surface area contributed by atoms with Crippen LogP contribution in [0.3, 0.4) is 0 Å². The van der Waals surface area contributed by atoms with Gasteiger partial charge in [-0.25, -0.2) is 14.5 Å². The predicted octanol–water partition coefficient (Wildman–Crippen LogP) is 1.53. The van der Waals surface area contributed by atoms with E-state index in [0.717, 1.165) is 6.42 Å². The SMILES string of the molecule is CC(O)C1(N(C)CCOCCc2ccc3sccc3c2)OC(=O)C(=O)O1. The molecule has 0 radical (unpaired) electrons. The Morgan fingerprint density at radius 2 is 1.96 bits per heavy atom. The summed E-state index contributed by atoms with van der Waals surface area (Å²) in [6, 6.07) is 8.45. The van der Waals surface area contributed by atoms with Crippen molar-refractivity contribution in [3.63, 3.8) is 0 Å². The first-order valence-corrected chi connectivity index (χ1v) is 9.20. The molecule has 1 atom stereocenters. The first kappa shape index (κ1) is 18.8. The van der Waals surface area contributed by atoms with Crippen LogP contribution in [0.4, 0.5) is 0 Å². The normalized spacial score (nSPS) is 17.5. The molecule has 1 aliphatic heterocycles. The Kier molecular flexibility index (Phi) is 5.57. The number of carbonyl (C=O) groups excluding carboxylic acids is 2. The zero-order valence-corrected chi connectivity index (χ0v) is 15.5. The molecule has 3 rings (SSSR count). The van der Waals surface area contributed by atoms with Gasteiger partial charge in [-0.2, -0.15) is 0 Å². The van der Waals surface area contributed by atoms with Crippen LogP contribution in [-0.4, -0.2) is 60.8 Å². The van der Waals surface area contributed by atoms with Crippen molar-refractivity contribution in [2.45, 2.75) is 25.4 Å². The van der Waals surface area contributed by atoms with Crippen LogP contribution < -0.4 is 0 Å². The van der Waals surface area contributed by atoms with Crippen molar-refractivity contribution >= 4 is 33.4 Å². The summed E-state index contributed by atoms with van der Waals surface area (Å²) < 4.78 is 16.8. The van der Waals surface area contributed by atoms with Gasteiger partial charge >= 0.3 is 17.8 Å². The lowest BCUT2D eigenvalue weighted by Crippen LogP contribution is -2.56. The van der Waals surface area contributed by atoms with Crippen molar-refractivity contribution in [1.82, 2.24) is 4.90 Å². The summed E-state index contributed by atoms with van der Waals surface area (Å²) in [7, 11) is 1.59. The highest BCUT2D eigenvalue weighted by atomic mass is 32.1. The van der Waals surface area contributed by atoms with Crippen LogP contribution in [0.1, 0.15) is 12.5 Å². The number of benzene rings is 1. The van der Waals surface area contributed by atoms with Crippen molar-refractivity contribution in [1.29, 1.82) is 0 Å². The Morgan fingerprint density at radius 1 is 1.23 bits per heavy atom. The number of carbonyl (C=O) groups is 2. The molecule has 0 bridgehead atoms. The second-order valence-corrected chi connectivity index (χ2v) is 7.11. The molecule has 2 heterocycles. The van der Waals surface area contributed by atoms with Crippen LogP contribution in [0.25, 0.3) is 10.1 Å². The van der Waals surface area contributed by atoms with Crippen LogP contribution in [-0.2, 0) is 30.2 Å². The molecule has 1 saturated heterocycles. The van der Waals surface area contributed by atoms with Gasteiger partial charge in [-0.15, -0.1) is 11.3 Å². The van der Waals surface area contributed by atoms with E-state index in [9.17, 15) is 14.7 Å². The van der Waals surface area contributed by atoms with E-state index in [1.165, 1.54) is 27.5 Å². The Balaban J connectivity index is 1.46. The number of nitrogens with zero attached hydrogens (tertiary/aromatic N) is 1. The number of aliphatic hydroxyl groups excluding tert-OH is 1. The van der Waals surface area contributed by atoms with E-state index in [4.69, 9.17) is 14.2 Å². The van der Waals surface area contributed by atoms with Crippen molar-refractivity contribution in [2.75, 3.05) is 26.8 Å². The van der Waals surface area contributed by atoms with Gasteiger partial charge in [0, 0.05) is 11.2 Å². The van der Waals surface area contributed by atoms with Gasteiger partial charge in [-0.3, -0.25) is 0 Å². The van der Waals surface area contributed by atoms with Crippen LogP contribution in [0.5, 0.6) is 0 Å². The molecular formula is C18H21NO6S. The van der Waals surface area contributed by atoms with E-state index in [2.05, 4.69) is 29.6 Å². The minimum absolute atomic E-state index is 0.315. The second kappa shape index (κ2) is 7.71. The molecule has 0 spiro atoms. The molecule has 1 aliphatic rings. The van der Waals surface area contributed by atoms with E-state index in [1.807, 2.05) is 0 Å². The van der Waals surface area contributed by atoms with Crippen LogP contribution in [0.2, 0.25) is 0 Å². The van der Waals surface area contributed by atoms with E-state index >= 15 is 0 Å². The summed E-state index contributed by atoms with van der Waals surface area (Å²) in [6.07, 6.45) is -0.415. The van der Waals surface area contributed by atoms with Gasteiger partial charge < -0.3 is 19.3 Å². The van der Waals surface area contributed by atoms with Gasteiger partial charge in [0.15, 0.2) is 0 Å². The molecule has 8 heteroatoms. The molecule has 0 amide bonds. The fourth-order valence-corrected chi connectivity index (χ4v) is 3.61. The van der Waals surface area contributed by atoms with Crippen molar-refractivity contribution in [2.24, 2.45) is 0 Å². The first-order chi connectivity index (χ1) is 12.4. The molecule has 140 valence electrons. The standard InChI is InChI=1S/C18H21NO6S/c1-12(20)18(24-16(21)17(22)25-18)19(2)7-9-23-8-5-13-3-4-15-14(11-13)6-10-26-15/h3-4,6,10-12,20H,5,7-9H2,1-2H3. The van der Waals surface area contributed by atoms with E-state index in [1.54, 1.807) is 18.4 Å². The maximum Gasteiger partial charge on any atom is 0.422 e. The summed E-state index contributed by atoms with van der Waals surface area (Å²) in [5.41, 5.74) is 1.20. The number of hydrogen-bond donors (Lipinski definition) is 1. The van der Waals surface area contributed by atoms with Crippen LogP contribution >= 0.6 is 11.3 Å². The van der Waals surface area contributed by atoms with Gasteiger partial charge in [0.05, 0.1) is 13.2 Å². The molecular weight excluding hydrogens is 358 g/mol. The van der Waals surface area contributed by atoms with E-state index in [0.29, 0.717) is 19.8 Å². The summed E-state index contributed by atoms with van der Waals surface area (Å²) >= 11 is 1.72. The van der Waals surface area contributed by atoms with Gasteiger partial charge in [-0.05, 0) is 48.9 Å². The summed E-state index contributed by atoms with van der Waals surface area (Å²) in [4.78, 5) is 24.1. The molecule has 26 heavy (non-hydrogen) atoms. The number of aliphatic hydroxyl groups is 1. The molecule has 2 aromatic rings. The average molecular weight is 379 g/mol. The quantitative estimate of drug-likeness (QED) is 0.423. The maximum atomic E-state index is 11.3. The summed E-state index contributed by atoms with van der Waals surface area (Å²) in [6.45, 7) is 2.57. The third-order valence-corrected chi connectivity index (χ3v) is 5.23. The molecule has 0 saturated carbocycles. The minimum atomic E-state index is -1.79. The zero-order chi connectivity index (χ0) is 18.7. The average Bonchev–Trinajstić information content (AvgIpc) is 3.19. The molecule has 7 nitrogen and oxygen atoms in total. The number of likely N-dealkylation sites (N-methyl/N-ethyl adjacent to an activating group) is 1. The number of hydrogen-bond acceptors (Lipinski definition) is 8. The van der Waals surface area contributed by atoms with Gasteiger partial charge in [0.2, 0.25) is 0 Å². The number of esters is 2. The van der Waals surface area contributed by atoms with Crippen molar-refractivity contribution in [3.05, 3.63) is 35.2 Å². The second-order valence-electron chi connectivity index (χ2n) is 6.16. The fraction of sp³-hybridized carbons (Fsp3) is 0.444.